The van der Waals surface area contributed by atoms with Crippen molar-refractivity contribution in [1.82, 2.24) is 9.97 Å². The van der Waals surface area contributed by atoms with Crippen LogP contribution in [0.3, 0.4) is 0 Å². The molecule has 5 heteroatoms. The molecular formula is C15H12BrN3S. The zero-order chi connectivity index (χ0) is 14.1. The molecule has 0 atom stereocenters. The van der Waals surface area contributed by atoms with Crippen LogP contribution in [0.15, 0.2) is 57.1 Å². The predicted octanol–water partition coefficient (Wildman–Crippen LogP) is 4.43. The summed E-state index contributed by atoms with van der Waals surface area (Å²) in [5.74, 6) is 0. The Morgan fingerprint density at radius 3 is 2.80 bits per heavy atom. The number of benzene rings is 1. The molecule has 3 nitrogen and oxygen atoms in total. The first-order valence-electron chi connectivity index (χ1n) is 6.08. The Morgan fingerprint density at radius 2 is 2.00 bits per heavy atom. The lowest BCUT2D eigenvalue weighted by molar-refractivity contribution is 1.11. The Hall–Kier alpha value is -1.59. The van der Waals surface area contributed by atoms with E-state index < -0.39 is 0 Å². The average molecular weight is 346 g/mol. The smallest absolute Gasteiger partial charge is 0.115 e. The fourth-order valence-corrected chi connectivity index (χ4v) is 3.38. The number of nitrogens with zero attached hydrogens (tertiary/aromatic N) is 2. The van der Waals surface area contributed by atoms with Gasteiger partial charge in [0.1, 0.15) is 5.03 Å². The van der Waals surface area contributed by atoms with Gasteiger partial charge in [0.05, 0.1) is 4.47 Å². The van der Waals surface area contributed by atoms with E-state index in [1.807, 2.05) is 37.4 Å². The maximum Gasteiger partial charge on any atom is 0.115 e. The van der Waals surface area contributed by atoms with Crippen LogP contribution >= 0.6 is 27.7 Å². The first kappa shape index (κ1) is 13.4. The van der Waals surface area contributed by atoms with E-state index in [0.717, 1.165) is 36.5 Å². The van der Waals surface area contributed by atoms with E-state index >= 15 is 0 Å². The van der Waals surface area contributed by atoms with Crippen LogP contribution in [0.2, 0.25) is 0 Å². The van der Waals surface area contributed by atoms with Gasteiger partial charge in [-0.15, -0.1) is 0 Å². The number of rotatable bonds is 2. The van der Waals surface area contributed by atoms with Crippen LogP contribution in [0.4, 0.5) is 5.69 Å². The molecule has 0 aliphatic heterocycles. The van der Waals surface area contributed by atoms with Gasteiger partial charge < -0.3 is 5.73 Å². The summed E-state index contributed by atoms with van der Waals surface area (Å²) in [5, 5.41) is 3.03. The molecular weight excluding hydrogens is 334 g/mol. The average Bonchev–Trinajstić information content (AvgIpc) is 2.44. The minimum absolute atomic E-state index is 0.747. The van der Waals surface area contributed by atoms with Gasteiger partial charge in [-0.05, 0) is 53.2 Å². The van der Waals surface area contributed by atoms with Crippen molar-refractivity contribution in [3.05, 3.63) is 52.9 Å². The molecule has 2 aromatic heterocycles. The van der Waals surface area contributed by atoms with Crippen molar-refractivity contribution in [2.24, 2.45) is 0 Å². The van der Waals surface area contributed by atoms with Gasteiger partial charge in [-0.2, -0.15) is 0 Å². The second-order valence-electron chi connectivity index (χ2n) is 4.42. The van der Waals surface area contributed by atoms with Gasteiger partial charge in [0, 0.05) is 39.4 Å². The lowest BCUT2D eigenvalue weighted by Crippen LogP contribution is -1.91. The quantitative estimate of drug-likeness (QED) is 0.697. The van der Waals surface area contributed by atoms with E-state index in [1.165, 1.54) is 0 Å². The fraction of sp³-hybridized carbons (Fsp3) is 0.0667. The standard InChI is InChI=1S/C15H12BrN3S/c1-9-7-10-11(8-19-9)13(17)4-5-14(10)20-15-12(16)3-2-6-18-15/h2-8H,17H2,1H3. The summed E-state index contributed by atoms with van der Waals surface area (Å²) in [6.07, 6.45) is 3.62. The number of anilines is 1. The van der Waals surface area contributed by atoms with Crippen LogP contribution in [0.5, 0.6) is 0 Å². The number of aryl methyl sites for hydroxylation is 1. The van der Waals surface area contributed by atoms with Crippen molar-refractivity contribution < 1.29 is 0 Å². The lowest BCUT2D eigenvalue weighted by atomic mass is 10.1. The van der Waals surface area contributed by atoms with E-state index in [4.69, 9.17) is 5.73 Å². The Balaban J connectivity index is 2.15. The zero-order valence-corrected chi connectivity index (χ0v) is 13.2. The van der Waals surface area contributed by atoms with Gasteiger partial charge >= 0.3 is 0 Å². The second kappa shape index (κ2) is 5.42. The van der Waals surface area contributed by atoms with E-state index in [9.17, 15) is 0 Å². The Bertz CT molecular complexity index is 789. The molecule has 0 radical (unpaired) electrons. The van der Waals surface area contributed by atoms with Crippen LogP contribution in [-0.2, 0) is 0 Å². The van der Waals surface area contributed by atoms with Gasteiger partial charge in [0.15, 0.2) is 0 Å². The van der Waals surface area contributed by atoms with Crippen LogP contribution in [0.25, 0.3) is 10.8 Å². The molecule has 1 aromatic carbocycles. The fourth-order valence-electron chi connectivity index (χ4n) is 1.98. The highest BCUT2D eigenvalue weighted by molar-refractivity contribution is 9.10. The highest BCUT2D eigenvalue weighted by Gasteiger charge is 2.09. The molecule has 0 aliphatic rings. The van der Waals surface area contributed by atoms with Crippen molar-refractivity contribution in [2.75, 3.05) is 5.73 Å². The summed E-state index contributed by atoms with van der Waals surface area (Å²) >= 11 is 5.15. The molecule has 0 amide bonds. The van der Waals surface area contributed by atoms with Crippen LogP contribution in [-0.4, -0.2) is 9.97 Å². The van der Waals surface area contributed by atoms with Crippen molar-refractivity contribution in [2.45, 2.75) is 16.8 Å². The van der Waals surface area contributed by atoms with Crippen LogP contribution in [0.1, 0.15) is 5.69 Å². The topological polar surface area (TPSA) is 51.8 Å². The minimum Gasteiger partial charge on any atom is -0.398 e. The summed E-state index contributed by atoms with van der Waals surface area (Å²) in [6, 6.07) is 9.90. The monoisotopic (exact) mass is 345 g/mol. The van der Waals surface area contributed by atoms with Gasteiger partial charge in [-0.1, -0.05) is 11.8 Å². The normalized spacial score (nSPS) is 10.9. The predicted molar refractivity (Wildman–Crippen MR) is 87.0 cm³/mol. The molecule has 100 valence electrons. The summed E-state index contributed by atoms with van der Waals surface area (Å²) < 4.78 is 0.987. The lowest BCUT2D eigenvalue weighted by Gasteiger charge is -2.09. The van der Waals surface area contributed by atoms with Crippen molar-refractivity contribution in [3.8, 4) is 0 Å². The van der Waals surface area contributed by atoms with Crippen molar-refractivity contribution in [3.63, 3.8) is 0 Å². The summed E-state index contributed by atoms with van der Waals surface area (Å²) in [7, 11) is 0. The van der Waals surface area contributed by atoms with E-state index in [0.29, 0.717) is 0 Å². The maximum absolute atomic E-state index is 6.02. The maximum atomic E-state index is 6.02. The molecule has 0 fully saturated rings. The first-order chi connectivity index (χ1) is 9.65. The summed E-state index contributed by atoms with van der Waals surface area (Å²) in [5.41, 5.74) is 7.75. The molecule has 2 heterocycles. The molecule has 0 spiro atoms. The number of halogens is 1. The van der Waals surface area contributed by atoms with E-state index in [2.05, 4.69) is 32.0 Å². The van der Waals surface area contributed by atoms with E-state index in [-0.39, 0.29) is 0 Å². The third-order valence-corrected chi connectivity index (χ3v) is 4.96. The Morgan fingerprint density at radius 1 is 1.15 bits per heavy atom. The zero-order valence-electron chi connectivity index (χ0n) is 10.8. The SMILES string of the molecule is Cc1cc2c(Sc3ncccc3Br)ccc(N)c2cn1. The molecule has 3 rings (SSSR count). The number of hydrogen-bond acceptors (Lipinski definition) is 4. The molecule has 3 aromatic rings. The summed E-state index contributed by atoms with van der Waals surface area (Å²) in [6.45, 7) is 1.98. The molecule has 2 N–H and O–H groups in total. The number of aromatic nitrogens is 2. The molecule has 20 heavy (non-hydrogen) atoms. The summed E-state index contributed by atoms with van der Waals surface area (Å²) in [4.78, 5) is 9.84. The number of nitrogens with two attached hydrogens (primary N) is 1. The van der Waals surface area contributed by atoms with Crippen molar-refractivity contribution >= 4 is 44.2 Å². The minimum atomic E-state index is 0.747. The molecule has 0 unspecified atom stereocenters. The first-order valence-corrected chi connectivity index (χ1v) is 7.69. The molecule has 0 saturated heterocycles. The molecule has 0 bridgehead atoms. The molecule has 0 aliphatic carbocycles. The van der Waals surface area contributed by atoms with Gasteiger partial charge in [-0.25, -0.2) is 4.98 Å². The van der Waals surface area contributed by atoms with Gasteiger partial charge in [-0.3, -0.25) is 4.98 Å². The Kier molecular flexibility index (Phi) is 3.63. The van der Waals surface area contributed by atoms with Crippen LogP contribution in [0, 0.1) is 6.92 Å². The van der Waals surface area contributed by atoms with E-state index in [1.54, 1.807) is 18.0 Å². The van der Waals surface area contributed by atoms with Crippen LogP contribution < -0.4 is 5.73 Å². The Labute approximate surface area is 129 Å². The third-order valence-electron chi connectivity index (χ3n) is 2.96. The highest BCUT2D eigenvalue weighted by Crippen LogP contribution is 2.37. The second-order valence-corrected chi connectivity index (χ2v) is 6.30. The number of nitrogen functional groups attached to an aromatic ring is 1. The number of pyridine rings is 2. The molecule has 0 saturated carbocycles. The number of fused-ring (bicyclic) bond motifs is 1. The third kappa shape index (κ3) is 2.51. The van der Waals surface area contributed by atoms with Gasteiger partial charge in [0.2, 0.25) is 0 Å². The number of hydrogen-bond donors (Lipinski definition) is 1. The van der Waals surface area contributed by atoms with Crippen molar-refractivity contribution in [1.29, 1.82) is 0 Å². The van der Waals surface area contributed by atoms with Gasteiger partial charge in [0.25, 0.3) is 0 Å². The highest BCUT2D eigenvalue weighted by atomic mass is 79.9. The largest absolute Gasteiger partial charge is 0.398 e.